The maximum absolute atomic E-state index is 13.4. The lowest BCUT2D eigenvalue weighted by Gasteiger charge is -2.26. The summed E-state index contributed by atoms with van der Waals surface area (Å²) in [5.74, 6) is -0.460. The number of nitrogens with one attached hydrogen (secondary N) is 1. The van der Waals surface area contributed by atoms with E-state index in [0.717, 1.165) is 29.7 Å². The Balaban J connectivity index is 1.60. The summed E-state index contributed by atoms with van der Waals surface area (Å²) in [5, 5.41) is 3.29. The number of carbonyl (C=O) groups excluding carboxylic acids is 2. The minimum Gasteiger partial charge on any atom is -0.377 e. The van der Waals surface area contributed by atoms with Gasteiger partial charge in [-0.15, -0.1) is 0 Å². The van der Waals surface area contributed by atoms with Crippen LogP contribution in [0.3, 0.4) is 0 Å². The Hall–Kier alpha value is -3.38. The van der Waals surface area contributed by atoms with Crippen LogP contribution < -0.4 is 10.2 Å². The van der Waals surface area contributed by atoms with Gasteiger partial charge < -0.3 is 15.1 Å². The fourth-order valence-corrected chi connectivity index (χ4v) is 4.11. The molecule has 0 radical (unpaired) electrons. The summed E-state index contributed by atoms with van der Waals surface area (Å²) in [6, 6.07) is 18.8. The number of hydrogen-bond donors (Lipinski definition) is 1. The lowest BCUT2D eigenvalue weighted by atomic mass is 10.1. The number of benzene rings is 3. The van der Waals surface area contributed by atoms with Crippen LogP contribution in [0.25, 0.3) is 0 Å². The number of anilines is 2. The second-order valence-electron chi connectivity index (χ2n) is 8.77. The van der Waals surface area contributed by atoms with Gasteiger partial charge in [-0.2, -0.15) is 0 Å². The lowest BCUT2D eigenvalue weighted by molar-refractivity contribution is -0.133. The summed E-state index contributed by atoms with van der Waals surface area (Å²) >= 11 is 6.17. The molecule has 0 unspecified atom stereocenters. The van der Waals surface area contributed by atoms with Crippen LogP contribution in [0.15, 0.2) is 66.7 Å². The Morgan fingerprint density at radius 1 is 1.00 bits per heavy atom. The van der Waals surface area contributed by atoms with Crippen molar-refractivity contribution in [2.75, 3.05) is 24.3 Å². The number of rotatable bonds is 8. The molecule has 1 aliphatic carbocycles. The molecule has 0 heterocycles. The van der Waals surface area contributed by atoms with E-state index in [2.05, 4.69) is 5.32 Å². The molecule has 5 nitrogen and oxygen atoms in total. The van der Waals surface area contributed by atoms with Crippen molar-refractivity contribution in [1.82, 2.24) is 4.90 Å². The fraction of sp³-hybridized carbons (Fsp3) is 0.259. The van der Waals surface area contributed by atoms with Crippen molar-refractivity contribution in [3.05, 3.63) is 94.3 Å². The molecule has 34 heavy (non-hydrogen) atoms. The van der Waals surface area contributed by atoms with Gasteiger partial charge in [0.15, 0.2) is 0 Å². The molecule has 7 heteroatoms. The normalized spacial score (nSPS) is 12.8. The molecule has 3 aromatic rings. The molecule has 0 bridgehead atoms. The molecule has 1 saturated carbocycles. The largest absolute Gasteiger partial charge is 0.377 e. The monoisotopic (exact) mass is 479 g/mol. The molecule has 2 amide bonds. The van der Waals surface area contributed by atoms with Crippen LogP contribution in [0.5, 0.6) is 0 Å². The number of halogens is 2. The predicted molar refractivity (Wildman–Crippen MR) is 134 cm³/mol. The molecule has 1 fully saturated rings. The first kappa shape index (κ1) is 23.8. The maximum Gasteiger partial charge on any atom is 0.257 e. The van der Waals surface area contributed by atoms with Crippen molar-refractivity contribution in [1.29, 1.82) is 0 Å². The number of carbonyl (C=O) groups is 2. The van der Waals surface area contributed by atoms with Crippen LogP contribution in [0.4, 0.5) is 15.8 Å². The molecule has 0 atom stereocenters. The number of hydrogen-bond acceptors (Lipinski definition) is 3. The highest BCUT2D eigenvalue weighted by molar-refractivity contribution is 6.34. The molecule has 1 aliphatic rings. The quantitative estimate of drug-likeness (QED) is 0.448. The summed E-state index contributed by atoms with van der Waals surface area (Å²) < 4.78 is 13.4. The number of amides is 2. The van der Waals surface area contributed by atoms with E-state index < -0.39 is 0 Å². The molecule has 1 N–H and O–H groups in total. The lowest BCUT2D eigenvalue weighted by Crippen LogP contribution is -2.32. The van der Waals surface area contributed by atoms with Crippen molar-refractivity contribution in [2.45, 2.75) is 25.9 Å². The van der Waals surface area contributed by atoms with Crippen LogP contribution in [-0.2, 0) is 17.9 Å². The van der Waals surface area contributed by atoms with Crippen LogP contribution in [-0.4, -0.2) is 30.8 Å². The standard InChI is InChI=1S/C27H27ClFN3O2/c1-31(2)25-14-13-22(30-26(33)23-5-3-4-6-24(23)28)15-20(25)17-32(27(34)19-9-10-19)16-18-7-11-21(29)12-8-18/h3-8,11-15,19H,9-10,16-17H2,1-2H3,(H,30,33). The average Bonchev–Trinajstić information content (AvgIpc) is 3.65. The average molecular weight is 480 g/mol. The van der Waals surface area contributed by atoms with E-state index in [-0.39, 0.29) is 23.5 Å². The van der Waals surface area contributed by atoms with Gasteiger partial charge in [0.05, 0.1) is 10.6 Å². The Morgan fingerprint density at radius 3 is 2.35 bits per heavy atom. The smallest absolute Gasteiger partial charge is 0.257 e. The third-order valence-corrected chi connectivity index (χ3v) is 6.15. The minimum absolute atomic E-state index is 0.0476. The van der Waals surface area contributed by atoms with Crippen LogP contribution in [0, 0.1) is 11.7 Å². The highest BCUT2D eigenvalue weighted by Gasteiger charge is 2.33. The highest BCUT2D eigenvalue weighted by Crippen LogP contribution is 2.33. The summed E-state index contributed by atoms with van der Waals surface area (Å²) in [6.45, 7) is 0.759. The molecule has 3 aromatic carbocycles. The van der Waals surface area contributed by atoms with Crippen LogP contribution in [0.2, 0.25) is 5.02 Å². The van der Waals surface area contributed by atoms with E-state index in [1.165, 1.54) is 12.1 Å². The van der Waals surface area contributed by atoms with E-state index >= 15 is 0 Å². The first-order valence-corrected chi connectivity index (χ1v) is 11.6. The zero-order valence-electron chi connectivity index (χ0n) is 19.2. The van der Waals surface area contributed by atoms with Crippen molar-refractivity contribution in [2.24, 2.45) is 5.92 Å². The maximum atomic E-state index is 13.4. The van der Waals surface area contributed by atoms with Crippen molar-refractivity contribution >= 4 is 34.8 Å². The van der Waals surface area contributed by atoms with Crippen molar-refractivity contribution in [3.63, 3.8) is 0 Å². The predicted octanol–water partition coefficient (Wildman–Crippen LogP) is 5.74. The molecular weight excluding hydrogens is 453 g/mol. The Morgan fingerprint density at radius 2 is 1.71 bits per heavy atom. The second-order valence-corrected chi connectivity index (χ2v) is 9.17. The zero-order valence-corrected chi connectivity index (χ0v) is 20.0. The van der Waals surface area contributed by atoms with Crippen LogP contribution >= 0.6 is 11.6 Å². The molecule has 0 aliphatic heterocycles. The van der Waals surface area contributed by atoms with E-state index in [9.17, 15) is 14.0 Å². The zero-order chi connectivity index (χ0) is 24.2. The van der Waals surface area contributed by atoms with Gasteiger partial charge in [-0.05, 0) is 66.4 Å². The molecule has 176 valence electrons. The van der Waals surface area contributed by atoms with E-state index in [0.29, 0.717) is 29.4 Å². The second kappa shape index (κ2) is 10.3. The summed E-state index contributed by atoms with van der Waals surface area (Å²) in [5.41, 5.74) is 3.72. The van der Waals surface area contributed by atoms with E-state index in [1.807, 2.05) is 42.1 Å². The van der Waals surface area contributed by atoms with E-state index in [4.69, 9.17) is 11.6 Å². The summed E-state index contributed by atoms with van der Waals surface area (Å²) in [4.78, 5) is 29.7. The van der Waals surface area contributed by atoms with Gasteiger partial charge in [0.1, 0.15) is 5.82 Å². The third kappa shape index (κ3) is 5.75. The molecular formula is C27H27ClFN3O2. The van der Waals surface area contributed by atoms with Gasteiger partial charge >= 0.3 is 0 Å². The molecule has 0 saturated heterocycles. The summed E-state index contributed by atoms with van der Waals surface area (Å²) in [7, 11) is 3.88. The molecule has 4 rings (SSSR count). The van der Waals surface area contributed by atoms with Gasteiger partial charge in [-0.25, -0.2) is 4.39 Å². The summed E-state index contributed by atoms with van der Waals surface area (Å²) in [6.07, 6.45) is 1.79. The first-order chi connectivity index (χ1) is 16.3. The number of nitrogens with zero attached hydrogens (tertiary/aromatic N) is 2. The fourth-order valence-electron chi connectivity index (χ4n) is 3.89. The van der Waals surface area contributed by atoms with Gasteiger partial charge in [-0.3, -0.25) is 9.59 Å². The SMILES string of the molecule is CN(C)c1ccc(NC(=O)c2ccccc2Cl)cc1CN(Cc1ccc(F)cc1)C(=O)C1CC1. The first-order valence-electron chi connectivity index (χ1n) is 11.2. The van der Waals surface area contributed by atoms with Gasteiger partial charge in [0, 0.05) is 44.5 Å². The van der Waals surface area contributed by atoms with Crippen LogP contribution in [0.1, 0.15) is 34.3 Å². The Bertz CT molecular complexity index is 1190. The Kier molecular flexibility index (Phi) is 7.17. The topological polar surface area (TPSA) is 52.7 Å². The van der Waals surface area contributed by atoms with Crippen molar-refractivity contribution in [3.8, 4) is 0 Å². The minimum atomic E-state index is -0.305. The van der Waals surface area contributed by atoms with Gasteiger partial charge in [0.2, 0.25) is 5.91 Å². The van der Waals surface area contributed by atoms with Crippen molar-refractivity contribution < 1.29 is 14.0 Å². The van der Waals surface area contributed by atoms with E-state index in [1.54, 1.807) is 36.4 Å². The Labute approximate surface area is 204 Å². The third-order valence-electron chi connectivity index (χ3n) is 5.82. The van der Waals surface area contributed by atoms with Gasteiger partial charge in [0.25, 0.3) is 5.91 Å². The highest BCUT2D eigenvalue weighted by atomic mass is 35.5. The molecule has 0 aromatic heterocycles. The molecule has 0 spiro atoms. The van der Waals surface area contributed by atoms with Gasteiger partial charge in [-0.1, -0.05) is 35.9 Å².